The van der Waals surface area contributed by atoms with Gasteiger partial charge in [-0.25, -0.2) is 0 Å². The number of allylic oxidation sites excluding steroid dienone is 1. The highest BCUT2D eigenvalue weighted by Gasteiger charge is 2.15. The summed E-state index contributed by atoms with van der Waals surface area (Å²) in [7, 11) is 0. The maximum Gasteiger partial charge on any atom is 0.192 e. The van der Waals surface area contributed by atoms with E-state index in [0.29, 0.717) is 6.54 Å². The average Bonchev–Trinajstić information content (AvgIpc) is 3.21. The minimum absolute atomic E-state index is 0.669. The molecule has 3 aromatic rings. The molecule has 0 amide bonds. The van der Waals surface area contributed by atoms with Gasteiger partial charge in [-0.15, -0.1) is 16.8 Å². The molecule has 0 aliphatic heterocycles. The van der Waals surface area contributed by atoms with E-state index < -0.39 is 0 Å². The van der Waals surface area contributed by atoms with Crippen molar-refractivity contribution in [2.24, 2.45) is 0 Å². The normalized spacial score (nSPS) is 10.9. The van der Waals surface area contributed by atoms with Gasteiger partial charge in [-0.3, -0.25) is 9.25 Å². The predicted molar refractivity (Wildman–Crippen MR) is 101 cm³/mol. The van der Waals surface area contributed by atoms with Crippen LogP contribution in [-0.4, -0.2) is 24.5 Å². The van der Waals surface area contributed by atoms with Crippen molar-refractivity contribution in [1.82, 2.24) is 24.5 Å². The molecule has 0 N–H and O–H groups in total. The smallest absolute Gasteiger partial charge is 0.192 e. The zero-order chi connectivity index (χ0) is 16.9. The molecule has 124 valence electrons. The van der Waals surface area contributed by atoms with Gasteiger partial charge in [0.1, 0.15) is 0 Å². The third kappa shape index (κ3) is 3.79. The predicted octanol–water partition coefficient (Wildman–Crippen LogP) is 4.40. The zero-order valence-corrected chi connectivity index (χ0v) is 15.8. The number of nitrogens with zero attached hydrogens (tertiary/aromatic N) is 5. The van der Waals surface area contributed by atoms with Crippen LogP contribution in [0.3, 0.4) is 0 Å². The summed E-state index contributed by atoms with van der Waals surface area (Å²) in [6.45, 7) is 7.41. The van der Waals surface area contributed by atoms with E-state index in [9.17, 15) is 0 Å². The van der Waals surface area contributed by atoms with Crippen LogP contribution >= 0.6 is 27.7 Å². The fourth-order valence-electron chi connectivity index (χ4n) is 2.28. The van der Waals surface area contributed by atoms with Gasteiger partial charge >= 0.3 is 0 Å². The molecule has 0 bridgehead atoms. The summed E-state index contributed by atoms with van der Waals surface area (Å²) < 4.78 is 5.05. The fraction of sp³-hybridized carbons (Fsp3) is 0.235. The Kier molecular flexibility index (Phi) is 5.52. The molecule has 2 heterocycles. The third-order valence-corrected chi connectivity index (χ3v) is 5.09. The first kappa shape index (κ1) is 17.0. The monoisotopic (exact) mass is 403 g/mol. The van der Waals surface area contributed by atoms with Gasteiger partial charge in [0, 0.05) is 29.5 Å². The summed E-state index contributed by atoms with van der Waals surface area (Å²) in [6.07, 6.45) is 5.68. The molecule has 1 aromatic carbocycles. The van der Waals surface area contributed by atoms with E-state index >= 15 is 0 Å². The van der Waals surface area contributed by atoms with E-state index in [1.165, 1.54) is 5.56 Å². The average molecular weight is 404 g/mol. The molecular formula is C17H18BrN5S. The second-order valence-corrected chi connectivity index (χ2v) is 7.06. The Balaban J connectivity index is 1.82. The summed E-state index contributed by atoms with van der Waals surface area (Å²) in [5, 5.41) is 13.9. The minimum atomic E-state index is 0.669. The molecule has 7 heteroatoms. The molecule has 3 rings (SSSR count). The van der Waals surface area contributed by atoms with E-state index in [1.54, 1.807) is 11.8 Å². The largest absolute Gasteiger partial charge is 0.298 e. The van der Waals surface area contributed by atoms with Crippen LogP contribution in [0, 0.1) is 0 Å². The summed E-state index contributed by atoms with van der Waals surface area (Å²) in [6, 6.07) is 8.32. The molecule has 0 unspecified atom stereocenters. The molecule has 24 heavy (non-hydrogen) atoms. The number of rotatable bonds is 7. The maximum absolute atomic E-state index is 4.36. The molecule has 2 aromatic heterocycles. The van der Waals surface area contributed by atoms with Gasteiger partial charge in [-0.05, 0) is 24.6 Å². The molecule has 0 spiro atoms. The van der Waals surface area contributed by atoms with Crippen LogP contribution in [0.2, 0.25) is 0 Å². The molecule has 0 aliphatic rings. The number of benzene rings is 1. The summed E-state index contributed by atoms with van der Waals surface area (Å²) >= 11 is 5.13. The Labute approximate surface area is 153 Å². The number of thioether (sulfide) groups is 1. The highest BCUT2D eigenvalue weighted by atomic mass is 79.9. The standard InChI is InChI=1S/C17H18BrN5S/c1-3-9-23-16(14-10-19-22(4-2)11-14)20-21-17(23)24-12-13-5-7-15(18)8-6-13/h3,5-8,10-11H,1,4,9,12H2,2H3. The van der Waals surface area contributed by atoms with E-state index in [0.717, 1.165) is 33.3 Å². The molecule has 5 nitrogen and oxygen atoms in total. The second-order valence-electron chi connectivity index (χ2n) is 5.21. The first-order valence-electron chi connectivity index (χ1n) is 7.65. The van der Waals surface area contributed by atoms with Crippen molar-refractivity contribution in [3.63, 3.8) is 0 Å². The highest BCUT2D eigenvalue weighted by molar-refractivity contribution is 9.10. The van der Waals surface area contributed by atoms with E-state index in [4.69, 9.17) is 0 Å². The van der Waals surface area contributed by atoms with E-state index in [2.05, 4.69) is 73.6 Å². The zero-order valence-electron chi connectivity index (χ0n) is 13.4. The van der Waals surface area contributed by atoms with Crippen molar-refractivity contribution in [3.8, 4) is 11.4 Å². The quantitative estimate of drug-likeness (QED) is 0.433. The van der Waals surface area contributed by atoms with Crippen molar-refractivity contribution < 1.29 is 0 Å². The molecule has 0 saturated heterocycles. The van der Waals surface area contributed by atoms with Crippen LogP contribution < -0.4 is 0 Å². The molecule has 0 aliphatic carbocycles. The van der Waals surface area contributed by atoms with Crippen molar-refractivity contribution in [1.29, 1.82) is 0 Å². The lowest BCUT2D eigenvalue weighted by atomic mass is 10.2. The first-order chi connectivity index (χ1) is 11.7. The van der Waals surface area contributed by atoms with Gasteiger partial charge in [-0.2, -0.15) is 5.10 Å². The Morgan fingerprint density at radius 1 is 1.25 bits per heavy atom. The molecular weight excluding hydrogens is 386 g/mol. The Morgan fingerprint density at radius 3 is 2.71 bits per heavy atom. The van der Waals surface area contributed by atoms with Gasteiger partial charge in [0.15, 0.2) is 11.0 Å². The molecule has 0 radical (unpaired) electrons. The summed E-state index contributed by atoms with van der Waals surface area (Å²) in [4.78, 5) is 0. The van der Waals surface area contributed by atoms with Gasteiger partial charge in [0.2, 0.25) is 0 Å². The molecule has 0 fully saturated rings. The van der Waals surface area contributed by atoms with E-state index in [-0.39, 0.29) is 0 Å². The van der Waals surface area contributed by atoms with Crippen molar-refractivity contribution in [2.75, 3.05) is 0 Å². The number of halogens is 1. The van der Waals surface area contributed by atoms with Gasteiger partial charge < -0.3 is 0 Å². The number of aryl methyl sites for hydroxylation is 1. The van der Waals surface area contributed by atoms with Crippen molar-refractivity contribution in [2.45, 2.75) is 30.9 Å². The Hall–Kier alpha value is -1.86. The van der Waals surface area contributed by atoms with Crippen LogP contribution in [-0.2, 0) is 18.8 Å². The Morgan fingerprint density at radius 2 is 2.04 bits per heavy atom. The molecule has 0 saturated carbocycles. The third-order valence-electron chi connectivity index (χ3n) is 3.53. The topological polar surface area (TPSA) is 48.5 Å². The summed E-state index contributed by atoms with van der Waals surface area (Å²) in [5.41, 5.74) is 2.22. The van der Waals surface area contributed by atoms with Gasteiger partial charge in [-0.1, -0.05) is 45.9 Å². The lowest BCUT2D eigenvalue weighted by molar-refractivity contribution is 0.660. The minimum Gasteiger partial charge on any atom is -0.298 e. The van der Waals surface area contributed by atoms with Crippen LogP contribution in [0.1, 0.15) is 12.5 Å². The van der Waals surface area contributed by atoms with Crippen molar-refractivity contribution >= 4 is 27.7 Å². The van der Waals surface area contributed by atoms with Crippen LogP contribution in [0.5, 0.6) is 0 Å². The van der Waals surface area contributed by atoms with Crippen molar-refractivity contribution in [3.05, 3.63) is 59.4 Å². The summed E-state index contributed by atoms with van der Waals surface area (Å²) in [5.74, 6) is 1.67. The van der Waals surface area contributed by atoms with Crippen LogP contribution in [0.4, 0.5) is 0 Å². The highest BCUT2D eigenvalue weighted by Crippen LogP contribution is 2.26. The SMILES string of the molecule is C=CCn1c(SCc2ccc(Br)cc2)nnc1-c1cnn(CC)c1. The van der Waals surface area contributed by atoms with Gasteiger partial charge in [0.25, 0.3) is 0 Å². The lowest BCUT2D eigenvalue weighted by Crippen LogP contribution is -2.00. The second kappa shape index (κ2) is 7.81. The van der Waals surface area contributed by atoms with Gasteiger partial charge in [0.05, 0.1) is 11.8 Å². The van der Waals surface area contributed by atoms with Crippen LogP contribution in [0.25, 0.3) is 11.4 Å². The lowest BCUT2D eigenvalue weighted by Gasteiger charge is -2.06. The van der Waals surface area contributed by atoms with E-state index in [1.807, 2.05) is 23.2 Å². The first-order valence-corrected chi connectivity index (χ1v) is 9.43. The maximum atomic E-state index is 4.36. The number of hydrogen-bond donors (Lipinski definition) is 0. The Bertz CT molecular complexity index is 822. The number of aromatic nitrogens is 5. The van der Waals surface area contributed by atoms with Crippen LogP contribution in [0.15, 0.2) is 58.9 Å². The number of hydrogen-bond acceptors (Lipinski definition) is 4. The fourth-order valence-corrected chi connectivity index (χ4v) is 3.45. The molecule has 0 atom stereocenters.